The number of unbranched alkanes of at least 4 members (excludes halogenated alkanes) is 1. The lowest BCUT2D eigenvalue weighted by Crippen LogP contribution is -2.50. The monoisotopic (exact) mass is 515 g/mol. The molecule has 0 aromatic rings. The number of ketones is 1. The second kappa shape index (κ2) is 9.27. The van der Waals surface area contributed by atoms with Crippen molar-refractivity contribution in [1.29, 1.82) is 0 Å². The van der Waals surface area contributed by atoms with E-state index in [4.69, 9.17) is 5.14 Å². The number of primary sulfonamides is 1. The molecule has 4 aliphatic carbocycles. The van der Waals surface area contributed by atoms with Crippen molar-refractivity contribution in [1.82, 2.24) is 0 Å². The van der Waals surface area contributed by atoms with Gasteiger partial charge in [0.1, 0.15) is 0 Å². The van der Waals surface area contributed by atoms with E-state index in [1.165, 1.54) is 5.57 Å². The number of hydrogen-bond donors (Lipinski definition) is 2. The highest BCUT2D eigenvalue weighted by atomic mass is 32.2. The second-order valence-electron chi connectivity index (χ2n) is 13.1. The van der Waals surface area contributed by atoms with Gasteiger partial charge in [-0.1, -0.05) is 65.2 Å². The van der Waals surface area contributed by atoms with Crippen LogP contribution in [0.3, 0.4) is 0 Å². The second-order valence-corrected chi connectivity index (χ2v) is 14.8. The molecule has 0 aromatic heterocycles. The SMILES string of the molecule is CCCC[C@@]1(C)CC(CS(N)(=O)=O)[C@H](C)C[C@H]1[C@]1(C)CC[C@]2(C)C(=CC=C3C2=CC(=O)C(O)=C3C)C1. The van der Waals surface area contributed by atoms with Crippen LogP contribution in [0.1, 0.15) is 92.9 Å². The van der Waals surface area contributed by atoms with Crippen LogP contribution in [0.2, 0.25) is 0 Å². The molecule has 0 aromatic carbocycles. The Balaban J connectivity index is 1.68. The van der Waals surface area contributed by atoms with Crippen LogP contribution in [0.15, 0.2) is 46.3 Å². The lowest BCUT2D eigenvalue weighted by atomic mass is 9.46. The van der Waals surface area contributed by atoms with Crippen molar-refractivity contribution >= 4 is 15.8 Å². The first-order valence-electron chi connectivity index (χ1n) is 13.7. The molecule has 4 rings (SSSR count). The lowest BCUT2D eigenvalue weighted by Gasteiger charge is -2.59. The molecular formula is C30H45NO4S. The van der Waals surface area contributed by atoms with E-state index in [0.717, 1.165) is 62.5 Å². The molecule has 0 radical (unpaired) electrons. The predicted octanol–water partition coefficient (Wildman–Crippen LogP) is 6.54. The van der Waals surface area contributed by atoms with Gasteiger partial charge in [0.15, 0.2) is 5.76 Å². The molecule has 36 heavy (non-hydrogen) atoms. The average molecular weight is 516 g/mol. The number of carbonyl (C=O) groups is 1. The van der Waals surface area contributed by atoms with Gasteiger partial charge in [0.2, 0.25) is 15.8 Å². The molecule has 0 spiro atoms. The Morgan fingerprint density at radius 1 is 1.17 bits per heavy atom. The van der Waals surface area contributed by atoms with Crippen molar-refractivity contribution in [3.63, 3.8) is 0 Å². The number of rotatable bonds is 6. The smallest absolute Gasteiger partial charge is 0.220 e. The van der Waals surface area contributed by atoms with Crippen molar-refractivity contribution in [3.8, 4) is 0 Å². The minimum Gasteiger partial charge on any atom is -0.504 e. The van der Waals surface area contributed by atoms with Crippen LogP contribution in [0.25, 0.3) is 0 Å². The molecule has 0 bridgehead atoms. The summed E-state index contributed by atoms with van der Waals surface area (Å²) in [4.78, 5) is 12.5. The van der Waals surface area contributed by atoms with Gasteiger partial charge in [-0.05, 0) is 91.3 Å². The summed E-state index contributed by atoms with van der Waals surface area (Å²) in [7, 11) is -3.50. The van der Waals surface area contributed by atoms with Crippen molar-refractivity contribution in [2.75, 3.05) is 5.75 Å². The van der Waals surface area contributed by atoms with Gasteiger partial charge >= 0.3 is 0 Å². The standard InChI is InChI=1S/C30H45NO4S/c1-7-8-11-28(4)16-21(18-36(31,34)35)19(2)14-26(28)29(5)12-13-30(6)22(17-29)9-10-23-20(3)27(33)25(32)15-24(23)30/h9-10,15,19,21,26,33H,7-8,11-14,16-18H2,1-6H3,(H2,31,34,35)/t19-,21?,26-,28+,29-,30-/m1/s1. The number of hydrogen-bond acceptors (Lipinski definition) is 4. The van der Waals surface area contributed by atoms with Gasteiger partial charge in [0.05, 0.1) is 5.75 Å². The van der Waals surface area contributed by atoms with Crippen molar-refractivity contribution in [2.24, 2.45) is 39.1 Å². The van der Waals surface area contributed by atoms with Gasteiger partial charge in [-0.3, -0.25) is 4.79 Å². The van der Waals surface area contributed by atoms with Crippen molar-refractivity contribution < 1.29 is 18.3 Å². The van der Waals surface area contributed by atoms with Gasteiger partial charge in [0, 0.05) is 11.0 Å². The molecular weight excluding hydrogens is 470 g/mol. The Morgan fingerprint density at radius 3 is 2.50 bits per heavy atom. The highest BCUT2D eigenvalue weighted by molar-refractivity contribution is 7.89. The minimum atomic E-state index is -3.50. The number of aliphatic hydroxyl groups excluding tert-OH is 1. The summed E-state index contributed by atoms with van der Waals surface area (Å²) in [5, 5.41) is 15.7. The van der Waals surface area contributed by atoms with E-state index < -0.39 is 10.0 Å². The Hall–Kier alpha value is -1.66. The molecule has 0 saturated heterocycles. The third-order valence-electron chi connectivity index (χ3n) is 10.5. The first-order valence-corrected chi connectivity index (χ1v) is 15.4. The third-order valence-corrected chi connectivity index (χ3v) is 11.4. The Labute approximate surface area is 218 Å². The van der Waals surface area contributed by atoms with E-state index in [9.17, 15) is 18.3 Å². The summed E-state index contributed by atoms with van der Waals surface area (Å²) in [6.45, 7) is 13.4. The normalized spacial score (nSPS) is 39.1. The molecule has 4 aliphatic rings. The number of sulfonamides is 1. The summed E-state index contributed by atoms with van der Waals surface area (Å²) in [5.41, 5.74) is 4.08. The molecule has 0 amide bonds. The third kappa shape index (κ3) is 4.69. The fourth-order valence-corrected chi connectivity index (χ4v) is 9.25. The van der Waals surface area contributed by atoms with Crippen LogP contribution in [-0.2, 0) is 14.8 Å². The van der Waals surface area contributed by atoms with Gasteiger partial charge in [-0.25, -0.2) is 13.6 Å². The molecule has 200 valence electrons. The highest BCUT2D eigenvalue weighted by Crippen LogP contribution is 2.64. The average Bonchev–Trinajstić information content (AvgIpc) is 2.78. The van der Waals surface area contributed by atoms with E-state index in [0.29, 0.717) is 17.4 Å². The number of allylic oxidation sites excluding steroid dienone is 7. The quantitative estimate of drug-likeness (QED) is 0.420. The van der Waals surface area contributed by atoms with Gasteiger partial charge < -0.3 is 5.11 Å². The van der Waals surface area contributed by atoms with Gasteiger partial charge in [-0.2, -0.15) is 0 Å². The van der Waals surface area contributed by atoms with Gasteiger partial charge in [0.25, 0.3) is 0 Å². The maximum atomic E-state index is 12.5. The number of aliphatic hydroxyl groups is 1. The number of nitrogens with two attached hydrogens (primary N) is 1. The van der Waals surface area contributed by atoms with Crippen LogP contribution in [0.4, 0.5) is 0 Å². The fourth-order valence-electron chi connectivity index (χ4n) is 8.20. The predicted molar refractivity (Wildman–Crippen MR) is 146 cm³/mol. The van der Waals surface area contributed by atoms with E-state index in [1.807, 2.05) is 6.92 Å². The molecule has 2 saturated carbocycles. The Kier molecular flexibility index (Phi) is 7.05. The van der Waals surface area contributed by atoms with E-state index in [-0.39, 0.29) is 39.5 Å². The number of carbonyl (C=O) groups excluding carboxylic acids is 1. The van der Waals surface area contributed by atoms with E-state index in [2.05, 4.69) is 46.8 Å². The summed E-state index contributed by atoms with van der Waals surface area (Å²) in [5.74, 6) is 0.572. The summed E-state index contributed by atoms with van der Waals surface area (Å²) in [6, 6.07) is 0. The van der Waals surface area contributed by atoms with Gasteiger partial charge in [-0.15, -0.1) is 0 Å². The maximum absolute atomic E-state index is 12.5. The lowest BCUT2D eigenvalue weighted by molar-refractivity contribution is -0.113. The largest absolute Gasteiger partial charge is 0.504 e. The van der Waals surface area contributed by atoms with Crippen LogP contribution >= 0.6 is 0 Å². The molecule has 6 heteroatoms. The first kappa shape index (κ1) is 27.4. The zero-order valence-corrected chi connectivity index (χ0v) is 23.8. The summed E-state index contributed by atoms with van der Waals surface area (Å²) < 4.78 is 24.0. The topological polar surface area (TPSA) is 97.5 Å². The molecule has 6 atom stereocenters. The molecule has 0 aliphatic heterocycles. The van der Waals surface area contributed by atoms with Crippen molar-refractivity contribution in [3.05, 3.63) is 46.3 Å². The minimum absolute atomic E-state index is 0.0712. The van der Waals surface area contributed by atoms with Crippen molar-refractivity contribution in [2.45, 2.75) is 92.9 Å². The Morgan fingerprint density at radius 2 is 1.86 bits per heavy atom. The van der Waals surface area contributed by atoms with E-state index in [1.54, 1.807) is 6.08 Å². The zero-order valence-electron chi connectivity index (χ0n) is 23.0. The molecule has 1 unspecified atom stereocenters. The van der Waals surface area contributed by atoms with E-state index >= 15 is 0 Å². The fraction of sp³-hybridized carbons (Fsp3) is 0.700. The molecule has 5 nitrogen and oxygen atoms in total. The zero-order chi connectivity index (χ0) is 26.7. The van der Waals surface area contributed by atoms with Crippen LogP contribution in [0.5, 0.6) is 0 Å². The molecule has 2 fully saturated rings. The number of fused-ring (bicyclic) bond motifs is 3. The molecule has 3 N–H and O–H groups in total. The molecule has 0 heterocycles. The van der Waals surface area contributed by atoms with Crippen LogP contribution in [0, 0.1) is 34.0 Å². The maximum Gasteiger partial charge on any atom is 0.220 e. The summed E-state index contributed by atoms with van der Waals surface area (Å²) >= 11 is 0. The van der Waals surface area contributed by atoms with Crippen LogP contribution < -0.4 is 5.14 Å². The first-order chi connectivity index (χ1) is 16.6. The summed E-state index contributed by atoms with van der Waals surface area (Å²) in [6.07, 6.45) is 14.3. The highest BCUT2D eigenvalue weighted by Gasteiger charge is 2.55. The Bertz CT molecular complexity index is 1180. The van der Waals surface area contributed by atoms with Crippen LogP contribution in [-0.4, -0.2) is 25.1 Å².